The summed E-state index contributed by atoms with van der Waals surface area (Å²) in [6.07, 6.45) is 0. The van der Waals surface area contributed by atoms with E-state index in [-0.39, 0.29) is 0 Å². The molecule has 0 amide bonds. The number of thiazole rings is 1. The molecule has 1 aromatic heterocycles. The smallest absolute Gasteiger partial charge is 0.112 e. The van der Waals surface area contributed by atoms with E-state index in [2.05, 4.69) is 21.3 Å². The third kappa shape index (κ3) is 2.83. The molecule has 0 spiro atoms. The van der Waals surface area contributed by atoms with Gasteiger partial charge in [-0.3, -0.25) is 0 Å². The Labute approximate surface area is 105 Å². The molecule has 0 bridgehead atoms. The zero-order valence-corrected chi connectivity index (χ0v) is 10.7. The Morgan fingerprint density at radius 3 is 2.94 bits per heavy atom. The third-order valence-corrected chi connectivity index (χ3v) is 3.41. The molecule has 0 N–H and O–H groups in total. The first-order chi connectivity index (χ1) is 8.19. The zero-order chi connectivity index (χ0) is 12.3. The largest absolute Gasteiger partial charge is 0.368 e. The van der Waals surface area contributed by atoms with Crippen molar-refractivity contribution in [3.05, 3.63) is 45.9 Å². The Kier molecular flexibility index (Phi) is 3.40. The summed E-state index contributed by atoms with van der Waals surface area (Å²) < 4.78 is 0. The molecule has 86 valence electrons. The van der Waals surface area contributed by atoms with Gasteiger partial charge in [0.1, 0.15) is 5.01 Å². The van der Waals surface area contributed by atoms with Gasteiger partial charge in [0.05, 0.1) is 18.2 Å². The first-order valence-corrected chi connectivity index (χ1v) is 6.19. The van der Waals surface area contributed by atoms with Crippen molar-refractivity contribution in [3.63, 3.8) is 0 Å². The van der Waals surface area contributed by atoms with Crippen LogP contribution in [0.5, 0.6) is 0 Å². The van der Waals surface area contributed by atoms with E-state index in [0.29, 0.717) is 5.56 Å². The summed E-state index contributed by atoms with van der Waals surface area (Å²) in [6, 6.07) is 9.75. The fourth-order valence-corrected chi connectivity index (χ4v) is 2.41. The number of aryl methyl sites for hydroxylation is 1. The quantitative estimate of drug-likeness (QED) is 0.832. The van der Waals surface area contributed by atoms with E-state index < -0.39 is 0 Å². The molecular formula is C13H13N3S. The number of hydrogen-bond acceptors (Lipinski definition) is 4. The fourth-order valence-electron chi connectivity index (χ4n) is 1.58. The summed E-state index contributed by atoms with van der Waals surface area (Å²) in [6.45, 7) is 2.77. The topological polar surface area (TPSA) is 39.9 Å². The molecule has 1 heterocycles. The fraction of sp³-hybridized carbons (Fsp3) is 0.231. The summed E-state index contributed by atoms with van der Waals surface area (Å²) in [5.74, 6) is 0. The van der Waals surface area contributed by atoms with Gasteiger partial charge in [-0.25, -0.2) is 4.98 Å². The van der Waals surface area contributed by atoms with Crippen molar-refractivity contribution in [2.24, 2.45) is 0 Å². The number of rotatable bonds is 3. The average Bonchev–Trinajstić information content (AvgIpc) is 2.75. The lowest BCUT2D eigenvalue weighted by Gasteiger charge is -2.17. The predicted molar refractivity (Wildman–Crippen MR) is 70.1 cm³/mol. The van der Waals surface area contributed by atoms with E-state index in [1.165, 1.54) is 0 Å². The van der Waals surface area contributed by atoms with E-state index in [1.54, 1.807) is 11.3 Å². The van der Waals surface area contributed by atoms with Crippen LogP contribution in [0.3, 0.4) is 0 Å². The van der Waals surface area contributed by atoms with Gasteiger partial charge >= 0.3 is 0 Å². The minimum Gasteiger partial charge on any atom is -0.368 e. The standard InChI is InChI=1S/C13H13N3S/c1-10-9-17-13(15-10)8-16(2)12-5-3-4-11(6-12)7-14/h3-6,9H,8H2,1-2H3. The molecule has 0 unspecified atom stereocenters. The Hall–Kier alpha value is -1.86. The highest BCUT2D eigenvalue weighted by atomic mass is 32.1. The molecule has 0 aliphatic rings. The molecule has 4 heteroatoms. The molecule has 3 nitrogen and oxygen atoms in total. The van der Waals surface area contributed by atoms with Crippen molar-refractivity contribution in [3.8, 4) is 6.07 Å². The average molecular weight is 243 g/mol. The van der Waals surface area contributed by atoms with Crippen molar-refractivity contribution in [2.75, 3.05) is 11.9 Å². The Morgan fingerprint density at radius 1 is 1.47 bits per heavy atom. The van der Waals surface area contributed by atoms with Crippen LogP contribution < -0.4 is 4.90 Å². The molecule has 0 saturated carbocycles. The van der Waals surface area contributed by atoms with Gasteiger partial charge in [0.25, 0.3) is 0 Å². The van der Waals surface area contributed by atoms with Crippen molar-refractivity contribution in [2.45, 2.75) is 13.5 Å². The van der Waals surface area contributed by atoms with Crippen LogP contribution in [0, 0.1) is 18.3 Å². The van der Waals surface area contributed by atoms with Gasteiger partial charge in [0.15, 0.2) is 0 Å². The third-order valence-electron chi connectivity index (χ3n) is 2.46. The lowest BCUT2D eigenvalue weighted by atomic mass is 10.2. The molecule has 17 heavy (non-hydrogen) atoms. The van der Waals surface area contributed by atoms with Crippen LogP contribution in [0.1, 0.15) is 16.3 Å². The van der Waals surface area contributed by atoms with Crippen LogP contribution in [0.2, 0.25) is 0 Å². The molecule has 0 radical (unpaired) electrons. The molecule has 0 saturated heterocycles. The van der Waals surface area contributed by atoms with Crippen molar-refractivity contribution in [1.29, 1.82) is 5.26 Å². The second-order valence-electron chi connectivity index (χ2n) is 3.90. The summed E-state index contributed by atoms with van der Waals surface area (Å²) >= 11 is 1.66. The van der Waals surface area contributed by atoms with Gasteiger partial charge in [-0.15, -0.1) is 11.3 Å². The van der Waals surface area contributed by atoms with E-state index >= 15 is 0 Å². The second kappa shape index (κ2) is 4.98. The predicted octanol–water partition coefficient (Wildman–Crippen LogP) is 2.96. The molecular weight excluding hydrogens is 230 g/mol. The first kappa shape index (κ1) is 11.6. The van der Waals surface area contributed by atoms with E-state index in [1.807, 2.05) is 38.2 Å². The number of hydrogen-bond donors (Lipinski definition) is 0. The summed E-state index contributed by atoms with van der Waals surface area (Å²) in [7, 11) is 2.01. The Morgan fingerprint density at radius 2 is 2.29 bits per heavy atom. The highest BCUT2D eigenvalue weighted by molar-refractivity contribution is 7.09. The van der Waals surface area contributed by atoms with Crippen LogP contribution in [0.4, 0.5) is 5.69 Å². The van der Waals surface area contributed by atoms with E-state index in [4.69, 9.17) is 5.26 Å². The van der Waals surface area contributed by atoms with Crippen molar-refractivity contribution in [1.82, 2.24) is 4.98 Å². The minimum atomic E-state index is 0.685. The summed E-state index contributed by atoms with van der Waals surface area (Å²) in [4.78, 5) is 6.53. The molecule has 2 aromatic rings. The maximum absolute atomic E-state index is 8.86. The van der Waals surface area contributed by atoms with Gasteiger partial charge in [-0.1, -0.05) is 6.07 Å². The maximum atomic E-state index is 8.86. The highest BCUT2D eigenvalue weighted by Crippen LogP contribution is 2.18. The SMILES string of the molecule is Cc1csc(CN(C)c2cccc(C#N)c2)n1. The zero-order valence-electron chi connectivity index (χ0n) is 9.84. The van der Waals surface area contributed by atoms with E-state index in [0.717, 1.165) is 22.9 Å². The van der Waals surface area contributed by atoms with Crippen LogP contribution >= 0.6 is 11.3 Å². The van der Waals surface area contributed by atoms with Crippen molar-refractivity contribution >= 4 is 17.0 Å². The molecule has 2 rings (SSSR count). The van der Waals surface area contributed by atoms with E-state index in [9.17, 15) is 0 Å². The highest BCUT2D eigenvalue weighted by Gasteiger charge is 2.05. The number of nitrogens with zero attached hydrogens (tertiary/aromatic N) is 3. The number of nitriles is 1. The minimum absolute atomic E-state index is 0.685. The van der Waals surface area contributed by atoms with Crippen LogP contribution in [0.15, 0.2) is 29.6 Å². The molecule has 0 fully saturated rings. The second-order valence-corrected chi connectivity index (χ2v) is 4.84. The molecule has 0 atom stereocenters. The number of benzene rings is 1. The van der Waals surface area contributed by atoms with Gasteiger partial charge in [0, 0.05) is 23.8 Å². The lowest BCUT2D eigenvalue weighted by molar-refractivity contribution is 0.905. The maximum Gasteiger partial charge on any atom is 0.112 e. The van der Waals surface area contributed by atoms with Crippen LogP contribution in [0.25, 0.3) is 0 Å². The molecule has 1 aromatic carbocycles. The monoisotopic (exact) mass is 243 g/mol. The summed E-state index contributed by atoms with van der Waals surface area (Å²) in [5, 5.41) is 12.0. The Balaban J connectivity index is 2.14. The molecule has 0 aliphatic heterocycles. The molecule has 0 aliphatic carbocycles. The van der Waals surface area contributed by atoms with Gasteiger partial charge in [-0.05, 0) is 25.1 Å². The number of anilines is 1. The van der Waals surface area contributed by atoms with Gasteiger partial charge < -0.3 is 4.90 Å². The lowest BCUT2D eigenvalue weighted by Crippen LogP contribution is -2.16. The van der Waals surface area contributed by atoms with Crippen LogP contribution in [-0.4, -0.2) is 12.0 Å². The van der Waals surface area contributed by atoms with Crippen molar-refractivity contribution < 1.29 is 0 Å². The summed E-state index contributed by atoms with van der Waals surface area (Å²) in [5.41, 5.74) is 2.78. The first-order valence-electron chi connectivity index (χ1n) is 5.31. The van der Waals surface area contributed by atoms with Crippen LogP contribution in [-0.2, 0) is 6.54 Å². The normalized spacial score (nSPS) is 9.94. The van der Waals surface area contributed by atoms with Gasteiger partial charge in [0.2, 0.25) is 0 Å². The number of aromatic nitrogens is 1. The van der Waals surface area contributed by atoms with Gasteiger partial charge in [-0.2, -0.15) is 5.26 Å². The Bertz CT molecular complexity index is 554.